The van der Waals surface area contributed by atoms with E-state index < -0.39 is 6.61 Å². The molecule has 146 valence electrons. The van der Waals surface area contributed by atoms with Gasteiger partial charge in [-0.25, -0.2) is 0 Å². The Bertz CT molecular complexity index is 803. The third-order valence-corrected chi connectivity index (χ3v) is 4.11. The van der Waals surface area contributed by atoms with Gasteiger partial charge < -0.3 is 19.7 Å². The molecular weight excluding hydrogens is 378 g/mol. The maximum absolute atomic E-state index is 12.4. The van der Waals surface area contributed by atoms with Crippen LogP contribution in [-0.4, -0.2) is 33.2 Å². The molecule has 0 aliphatic rings. The standard InChI is InChI=1S/C19H21ClF2N2O3/c1-12-8-14(20)5-6-15(12)23-18(25)11-24(2)10-13-4-7-16(27-19(21)22)17(9-13)26-3/h4-9,19H,10-11H2,1-3H3,(H,23,25)/p+1. The molecule has 5 nitrogen and oxygen atoms in total. The summed E-state index contributed by atoms with van der Waals surface area (Å²) in [5, 5.41) is 3.47. The molecule has 0 radical (unpaired) electrons. The second-order valence-corrected chi connectivity index (χ2v) is 6.62. The molecule has 0 saturated carbocycles. The van der Waals surface area contributed by atoms with E-state index in [1.807, 2.05) is 14.0 Å². The number of hydrogen-bond acceptors (Lipinski definition) is 3. The van der Waals surface area contributed by atoms with Crippen molar-refractivity contribution < 1.29 is 27.9 Å². The fourth-order valence-electron chi connectivity index (χ4n) is 2.66. The maximum atomic E-state index is 12.4. The van der Waals surface area contributed by atoms with Crippen molar-refractivity contribution in [1.82, 2.24) is 0 Å². The molecule has 0 saturated heterocycles. The second kappa shape index (κ2) is 9.53. The summed E-state index contributed by atoms with van der Waals surface area (Å²) in [7, 11) is 3.25. The van der Waals surface area contributed by atoms with E-state index in [9.17, 15) is 13.6 Å². The van der Waals surface area contributed by atoms with Crippen LogP contribution >= 0.6 is 11.6 Å². The first-order valence-corrected chi connectivity index (χ1v) is 8.65. The van der Waals surface area contributed by atoms with Crippen LogP contribution < -0.4 is 19.7 Å². The minimum atomic E-state index is -2.92. The zero-order valence-electron chi connectivity index (χ0n) is 15.3. The summed E-state index contributed by atoms with van der Waals surface area (Å²) >= 11 is 5.91. The van der Waals surface area contributed by atoms with Crippen LogP contribution in [0.2, 0.25) is 5.02 Å². The van der Waals surface area contributed by atoms with Crippen LogP contribution in [0.25, 0.3) is 0 Å². The molecule has 0 aliphatic heterocycles. The van der Waals surface area contributed by atoms with Gasteiger partial charge in [0, 0.05) is 16.3 Å². The normalized spacial score (nSPS) is 12.0. The molecule has 0 heterocycles. The van der Waals surface area contributed by atoms with Crippen LogP contribution in [0.4, 0.5) is 14.5 Å². The number of alkyl halides is 2. The number of carbonyl (C=O) groups is 1. The highest BCUT2D eigenvalue weighted by Gasteiger charge is 2.15. The number of aryl methyl sites for hydroxylation is 1. The van der Waals surface area contributed by atoms with E-state index in [4.69, 9.17) is 16.3 Å². The second-order valence-electron chi connectivity index (χ2n) is 6.18. The molecule has 1 unspecified atom stereocenters. The van der Waals surface area contributed by atoms with Crippen molar-refractivity contribution in [2.75, 3.05) is 26.0 Å². The van der Waals surface area contributed by atoms with Crippen LogP contribution in [0, 0.1) is 6.92 Å². The van der Waals surface area contributed by atoms with Crippen molar-refractivity contribution in [3.05, 3.63) is 52.5 Å². The number of quaternary nitrogens is 1. The summed E-state index contributed by atoms with van der Waals surface area (Å²) in [5.74, 6) is 0.0641. The fourth-order valence-corrected chi connectivity index (χ4v) is 2.89. The molecule has 2 aromatic rings. The molecule has 0 spiro atoms. The molecule has 0 aliphatic carbocycles. The van der Waals surface area contributed by atoms with Crippen molar-refractivity contribution in [2.24, 2.45) is 0 Å². The van der Waals surface area contributed by atoms with Gasteiger partial charge in [0.15, 0.2) is 18.0 Å². The number of methoxy groups -OCH3 is 1. The molecule has 2 rings (SSSR count). The van der Waals surface area contributed by atoms with Gasteiger partial charge in [0.1, 0.15) is 6.54 Å². The van der Waals surface area contributed by atoms with Gasteiger partial charge in [0.05, 0.1) is 14.2 Å². The van der Waals surface area contributed by atoms with E-state index in [1.165, 1.54) is 13.2 Å². The molecule has 2 N–H and O–H groups in total. The van der Waals surface area contributed by atoms with Gasteiger partial charge in [-0.05, 0) is 48.9 Å². The highest BCUT2D eigenvalue weighted by Crippen LogP contribution is 2.29. The monoisotopic (exact) mass is 399 g/mol. The fraction of sp³-hybridized carbons (Fsp3) is 0.316. The molecule has 1 amide bonds. The van der Waals surface area contributed by atoms with Crippen molar-refractivity contribution in [2.45, 2.75) is 20.1 Å². The third-order valence-electron chi connectivity index (χ3n) is 3.87. The van der Waals surface area contributed by atoms with E-state index in [1.54, 1.807) is 30.3 Å². The Morgan fingerprint density at radius 2 is 1.96 bits per heavy atom. The lowest BCUT2D eigenvalue weighted by molar-refractivity contribution is -0.885. The summed E-state index contributed by atoms with van der Waals surface area (Å²) in [6.45, 7) is -0.302. The first-order valence-electron chi connectivity index (χ1n) is 8.27. The van der Waals surface area contributed by atoms with Gasteiger partial charge in [0.2, 0.25) is 0 Å². The number of anilines is 1. The van der Waals surface area contributed by atoms with Crippen LogP contribution in [0.1, 0.15) is 11.1 Å². The number of nitrogens with one attached hydrogen (secondary N) is 2. The first kappa shape index (κ1) is 20.9. The van der Waals surface area contributed by atoms with E-state index in [0.29, 0.717) is 17.3 Å². The van der Waals surface area contributed by atoms with Crippen molar-refractivity contribution in [3.8, 4) is 11.5 Å². The average molecular weight is 400 g/mol. The number of benzene rings is 2. The van der Waals surface area contributed by atoms with Gasteiger partial charge >= 0.3 is 6.61 Å². The van der Waals surface area contributed by atoms with Crippen molar-refractivity contribution in [3.63, 3.8) is 0 Å². The quantitative estimate of drug-likeness (QED) is 0.717. The number of amides is 1. The molecule has 0 bridgehead atoms. The third kappa shape index (κ3) is 6.37. The average Bonchev–Trinajstić information content (AvgIpc) is 2.58. The van der Waals surface area contributed by atoms with E-state index in [0.717, 1.165) is 16.0 Å². The molecule has 0 fully saturated rings. The number of halogens is 3. The summed E-state index contributed by atoms with van der Waals surface area (Å²) in [6.07, 6.45) is 0. The Morgan fingerprint density at radius 3 is 2.59 bits per heavy atom. The lowest BCUT2D eigenvalue weighted by Gasteiger charge is -2.16. The number of ether oxygens (including phenoxy) is 2. The Labute approximate surface area is 161 Å². The van der Waals surface area contributed by atoms with Crippen LogP contribution in [0.3, 0.4) is 0 Å². The predicted octanol–water partition coefficient (Wildman–Crippen LogP) is 2.91. The summed E-state index contributed by atoms with van der Waals surface area (Å²) in [4.78, 5) is 13.2. The first-order chi connectivity index (χ1) is 12.8. The van der Waals surface area contributed by atoms with E-state index in [2.05, 4.69) is 10.1 Å². The Morgan fingerprint density at radius 1 is 1.22 bits per heavy atom. The lowest BCUT2D eigenvalue weighted by atomic mass is 10.2. The Balaban J connectivity index is 1.96. The van der Waals surface area contributed by atoms with Crippen molar-refractivity contribution >= 4 is 23.2 Å². The smallest absolute Gasteiger partial charge is 0.387 e. The minimum absolute atomic E-state index is 0.0233. The van der Waals surface area contributed by atoms with Gasteiger partial charge in [-0.15, -0.1) is 0 Å². The highest BCUT2D eigenvalue weighted by molar-refractivity contribution is 6.30. The number of likely N-dealkylation sites (N-methyl/N-ethyl adjacent to an activating group) is 1. The minimum Gasteiger partial charge on any atom is -0.493 e. The van der Waals surface area contributed by atoms with Crippen LogP contribution in [0.5, 0.6) is 11.5 Å². The number of rotatable bonds is 8. The number of carbonyl (C=O) groups excluding carboxylic acids is 1. The topological polar surface area (TPSA) is 52.0 Å². The largest absolute Gasteiger partial charge is 0.493 e. The van der Waals surface area contributed by atoms with Crippen LogP contribution in [0.15, 0.2) is 36.4 Å². The summed E-state index contributed by atoms with van der Waals surface area (Å²) in [5.41, 5.74) is 2.43. The number of hydrogen-bond donors (Lipinski definition) is 2. The predicted molar refractivity (Wildman–Crippen MR) is 99.9 cm³/mol. The molecular formula is C19H22ClF2N2O3+. The molecule has 2 aromatic carbocycles. The van der Waals surface area contributed by atoms with Crippen LogP contribution in [-0.2, 0) is 11.3 Å². The SMILES string of the molecule is COc1cc(C[NH+](C)CC(=O)Nc2ccc(Cl)cc2C)ccc1OC(F)F. The molecule has 8 heteroatoms. The van der Waals surface area contributed by atoms with Gasteiger partial charge in [0.25, 0.3) is 5.91 Å². The zero-order chi connectivity index (χ0) is 20.0. The van der Waals surface area contributed by atoms with Gasteiger partial charge in [-0.1, -0.05) is 11.6 Å². The zero-order valence-corrected chi connectivity index (χ0v) is 16.1. The summed E-state index contributed by atoms with van der Waals surface area (Å²) in [6, 6.07) is 9.99. The maximum Gasteiger partial charge on any atom is 0.387 e. The summed E-state index contributed by atoms with van der Waals surface area (Å²) < 4.78 is 34.3. The molecule has 1 atom stereocenters. The van der Waals surface area contributed by atoms with Gasteiger partial charge in [-0.3, -0.25) is 4.79 Å². The molecule has 0 aromatic heterocycles. The van der Waals surface area contributed by atoms with Crippen molar-refractivity contribution in [1.29, 1.82) is 0 Å². The Kier molecular flexibility index (Phi) is 7.38. The van der Waals surface area contributed by atoms with E-state index in [-0.39, 0.29) is 24.0 Å². The molecule has 27 heavy (non-hydrogen) atoms. The Hall–Kier alpha value is -2.38. The van der Waals surface area contributed by atoms with E-state index >= 15 is 0 Å². The lowest BCUT2D eigenvalue weighted by Crippen LogP contribution is -3.08. The van der Waals surface area contributed by atoms with Gasteiger partial charge in [-0.2, -0.15) is 8.78 Å². The highest BCUT2D eigenvalue weighted by atomic mass is 35.5.